The molecule has 2 aliphatic heterocycles. The van der Waals surface area contributed by atoms with Crippen molar-refractivity contribution >= 4 is 18.3 Å². The maximum atomic E-state index is 13.6. The fourth-order valence-electron chi connectivity index (χ4n) is 6.05. The second kappa shape index (κ2) is 18.2. The molecule has 2 saturated heterocycles. The van der Waals surface area contributed by atoms with E-state index in [1.807, 2.05) is 103 Å². The standard InChI is InChI=1S/C39H50N4O9/c1-31(39(47)30-51-38(2,3)52-39)40-19-21-41(35(44)48-27-32-13-7-4-8-14-32)23-25-43(37(46)50-29-34-17-11-6-12-18-34)26-24-42(22-20-40)36(45)49-28-33-15-9-5-10-16-33/h4-18,31,47H,19-30H2,1-3H3. The number of carbonyl (C=O) groups excluding carboxylic acids is 3. The first-order valence-corrected chi connectivity index (χ1v) is 17.7. The molecule has 0 radical (unpaired) electrons. The molecule has 0 spiro atoms. The summed E-state index contributed by atoms with van der Waals surface area (Å²) < 4.78 is 28.8. The number of aliphatic hydroxyl groups is 1. The number of hydrogen-bond acceptors (Lipinski definition) is 10. The smallest absolute Gasteiger partial charge is 0.410 e. The van der Waals surface area contributed by atoms with Crippen molar-refractivity contribution < 1.29 is 43.2 Å². The predicted molar refractivity (Wildman–Crippen MR) is 192 cm³/mol. The summed E-state index contributed by atoms with van der Waals surface area (Å²) in [4.78, 5) is 47.2. The van der Waals surface area contributed by atoms with Crippen LogP contribution in [-0.2, 0) is 43.5 Å². The molecule has 0 aromatic heterocycles. The summed E-state index contributed by atoms with van der Waals surface area (Å²) in [7, 11) is 0. The molecule has 0 aliphatic carbocycles. The van der Waals surface area contributed by atoms with Gasteiger partial charge in [0.25, 0.3) is 0 Å². The molecular weight excluding hydrogens is 668 g/mol. The van der Waals surface area contributed by atoms with E-state index in [4.69, 9.17) is 23.7 Å². The lowest BCUT2D eigenvalue weighted by Crippen LogP contribution is -2.57. The van der Waals surface area contributed by atoms with Crippen molar-refractivity contribution in [1.29, 1.82) is 0 Å². The van der Waals surface area contributed by atoms with Crippen LogP contribution in [0.25, 0.3) is 0 Å². The topological polar surface area (TPSA) is 131 Å². The lowest BCUT2D eigenvalue weighted by atomic mass is 10.1. The van der Waals surface area contributed by atoms with Crippen molar-refractivity contribution in [3.05, 3.63) is 108 Å². The normalized spacial score (nSPS) is 20.7. The van der Waals surface area contributed by atoms with Crippen LogP contribution in [0.4, 0.5) is 14.4 Å². The molecular formula is C39H50N4O9. The van der Waals surface area contributed by atoms with Crippen molar-refractivity contribution in [2.75, 3.05) is 59.0 Å². The van der Waals surface area contributed by atoms with Gasteiger partial charge in [-0.2, -0.15) is 0 Å². The minimum absolute atomic E-state index is 0.0522. The van der Waals surface area contributed by atoms with Crippen LogP contribution >= 0.6 is 0 Å². The van der Waals surface area contributed by atoms with Gasteiger partial charge < -0.3 is 43.5 Å². The Hall–Kier alpha value is -4.69. The van der Waals surface area contributed by atoms with Crippen molar-refractivity contribution in [2.24, 2.45) is 0 Å². The van der Waals surface area contributed by atoms with Crippen LogP contribution in [0.15, 0.2) is 91.0 Å². The molecule has 0 saturated carbocycles. The molecule has 3 aromatic carbocycles. The highest BCUT2D eigenvalue weighted by molar-refractivity contribution is 5.70. The molecule has 2 atom stereocenters. The highest BCUT2D eigenvalue weighted by Crippen LogP contribution is 2.33. The fourth-order valence-corrected chi connectivity index (χ4v) is 6.05. The van der Waals surface area contributed by atoms with Crippen LogP contribution < -0.4 is 0 Å². The molecule has 13 heteroatoms. The van der Waals surface area contributed by atoms with Crippen molar-refractivity contribution in [1.82, 2.24) is 19.6 Å². The lowest BCUT2D eigenvalue weighted by molar-refractivity contribution is -0.253. The Balaban J connectivity index is 1.36. The maximum absolute atomic E-state index is 13.6. The van der Waals surface area contributed by atoms with Gasteiger partial charge in [-0.3, -0.25) is 4.90 Å². The minimum atomic E-state index is -1.64. The van der Waals surface area contributed by atoms with E-state index in [-0.39, 0.29) is 65.7 Å². The van der Waals surface area contributed by atoms with E-state index in [0.717, 1.165) is 16.7 Å². The van der Waals surface area contributed by atoms with Gasteiger partial charge in [-0.25, -0.2) is 14.4 Å². The van der Waals surface area contributed by atoms with Crippen molar-refractivity contribution in [3.8, 4) is 0 Å². The Morgan fingerprint density at radius 2 is 0.942 bits per heavy atom. The van der Waals surface area contributed by atoms with Crippen LogP contribution in [0.5, 0.6) is 0 Å². The molecule has 3 amide bonds. The largest absolute Gasteiger partial charge is 0.445 e. The maximum Gasteiger partial charge on any atom is 0.410 e. The van der Waals surface area contributed by atoms with Gasteiger partial charge in [-0.1, -0.05) is 91.0 Å². The number of rotatable bonds is 8. The van der Waals surface area contributed by atoms with Crippen molar-refractivity contribution in [3.63, 3.8) is 0 Å². The first-order chi connectivity index (χ1) is 25.0. The molecule has 52 heavy (non-hydrogen) atoms. The minimum Gasteiger partial charge on any atom is -0.445 e. The molecule has 0 bridgehead atoms. The van der Waals surface area contributed by atoms with E-state index in [1.165, 1.54) is 4.90 Å². The first kappa shape index (κ1) is 38.5. The second-order valence-electron chi connectivity index (χ2n) is 13.4. The van der Waals surface area contributed by atoms with E-state index in [1.54, 1.807) is 23.6 Å². The van der Waals surface area contributed by atoms with E-state index in [9.17, 15) is 19.5 Å². The Kier molecular flexibility index (Phi) is 13.5. The summed E-state index contributed by atoms with van der Waals surface area (Å²) in [6.45, 7) is 6.96. The van der Waals surface area contributed by atoms with Gasteiger partial charge in [0.1, 0.15) is 26.4 Å². The highest BCUT2D eigenvalue weighted by Gasteiger charge is 2.49. The second-order valence-corrected chi connectivity index (χ2v) is 13.4. The Labute approximate surface area is 305 Å². The third-order valence-corrected chi connectivity index (χ3v) is 9.23. The number of benzene rings is 3. The summed E-state index contributed by atoms with van der Waals surface area (Å²) in [6.07, 6.45) is -1.66. The number of amides is 3. The van der Waals surface area contributed by atoms with Crippen LogP contribution in [0.1, 0.15) is 37.5 Å². The van der Waals surface area contributed by atoms with Gasteiger partial charge in [-0.05, 0) is 37.5 Å². The molecule has 2 heterocycles. The summed E-state index contributed by atoms with van der Waals surface area (Å²) in [5.74, 6) is -2.63. The fraction of sp³-hybridized carbons (Fsp3) is 0.462. The molecule has 2 aliphatic rings. The molecule has 3 aromatic rings. The molecule has 1 N–H and O–H groups in total. The van der Waals surface area contributed by atoms with Gasteiger partial charge in [0.05, 0.1) is 6.04 Å². The summed E-state index contributed by atoms with van der Waals surface area (Å²) in [5, 5.41) is 11.6. The summed E-state index contributed by atoms with van der Waals surface area (Å²) in [5.41, 5.74) is 2.52. The Morgan fingerprint density at radius 3 is 1.25 bits per heavy atom. The van der Waals surface area contributed by atoms with Crippen LogP contribution in [0.2, 0.25) is 0 Å². The monoisotopic (exact) mass is 718 g/mol. The third-order valence-electron chi connectivity index (χ3n) is 9.23. The van der Waals surface area contributed by atoms with Gasteiger partial charge in [0, 0.05) is 52.4 Å². The molecule has 5 rings (SSSR count). The van der Waals surface area contributed by atoms with E-state index < -0.39 is 35.9 Å². The van der Waals surface area contributed by atoms with E-state index in [0.29, 0.717) is 13.1 Å². The third kappa shape index (κ3) is 11.2. The molecule has 13 nitrogen and oxygen atoms in total. The molecule has 2 unspecified atom stereocenters. The zero-order chi connectivity index (χ0) is 37.0. The molecule has 280 valence electrons. The zero-order valence-corrected chi connectivity index (χ0v) is 30.2. The average molecular weight is 719 g/mol. The number of hydrogen-bond donors (Lipinski definition) is 1. The van der Waals surface area contributed by atoms with Gasteiger partial charge in [0.2, 0.25) is 5.79 Å². The SMILES string of the molecule is CC(N1CCN(C(=O)OCc2ccccc2)CCN(C(=O)OCc2ccccc2)CCN(C(=O)OCc2ccccc2)CC1)C1(O)COC(C)(C)O1. The summed E-state index contributed by atoms with van der Waals surface area (Å²) in [6, 6.07) is 27.5. The number of ether oxygens (including phenoxy) is 5. The van der Waals surface area contributed by atoms with Crippen molar-refractivity contribution in [2.45, 2.75) is 58.2 Å². The van der Waals surface area contributed by atoms with Crippen LogP contribution in [0, 0.1) is 0 Å². The van der Waals surface area contributed by atoms with E-state index >= 15 is 0 Å². The predicted octanol–water partition coefficient (Wildman–Crippen LogP) is 5.08. The van der Waals surface area contributed by atoms with Crippen LogP contribution in [0.3, 0.4) is 0 Å². The number of carbonyl (C=O) groups is 3. The first-order valence-electron chi connectivity index (χ1n) is 17.7. The zero-order valence-electron chi connectivity index (χ0n) is 30.2. The van der Waals surface area contributed by atoms with Gasteiger partial charge in [0.15, 0.2) is 5.79 Å². The Bertz CT molecular complexity index is 1510. The van der Waals surface area contributed by atoms with E-state index in [2.05, 4.69) is 0 Å². The average Bonchev–Trinajstić information content (AvgIpc) is 3.46. The summed E-state index contributed by atoms with van der Waals surface area (Å²) >= 11 is 0. The lowest BCUT2D eigenvalue weighted by Gasteiger charge is -2.40. The van der Waals surface area contributed by atoms with Gasteiger partial charge >= 0.3 is 18.3 Å². The molecule has 2 fully saturated rings. The highest BCUT2D eigenvalue weighted by atomic mass is 16.8. The number of nitrogens with zero attached hydrogens (tertiary/aromatic N) is 4. The van der Waals surface area contributed by atoms with Crippen LogP contribution in [-0.4, -0.2) is 120 Å². The Morgan fingerprint density at radius 1 is 0.615 bits per heavy atom. The van der Waals surface area contributed by atoms with Gasteiger partial charge in [-0.15, -0.1) is 0 Å². The quantitative estimate of drug-likeness (QED) is 0.315.